The molecule has 1 amide bonds. The summed E-state index contributed by atoms with van der Waals surface area (Å²) in [6.07, 6.45) is 0.664. The Hall–Kier alpha value is -2.57. The van der Waals surface area contributed by atoms with Crippen molar-refractivity contribution in [2.75, 3.05) is 53.5 Å². The predicted molar refractivity (Wildman–Crippen MR) is 142 cm³/mol. The van der Waals surface area contributed by atoms with Crippen LogP contribution in [0.2, 0.25) is 0 Å². The van der Waals surface area contributed by atoms with Crippen molar-refractivity contribution >= 4 is 43.4 Å². The fraction of sp³-hybridized carbons (Fsp3) is 0.385. The lowest BCUT2D eigenvalue weighted by Crippen LogP contribution is -2.38. The number of carbonyl (C=O) groups excluding carboxylic acids is 2. The summed E-state index contributed by atoms with van der Waals surface area (Å²) < 4.78 is 32.2. The van der Waals surface area contributed by atoms with Gasteiger partial charge in [-0.25, -0.2) is 12.7 Å². The van der Waals surface area contributed by atoms with Gasteiger partial charge in [0.05, 0.1) is 29.7 Å². The highest BCUT2D eigenvalue weighted by molar-refractivity contribution is 9.10. The van der Waals surface area contributed by atoms with Crippen LogP contribution in [0.5, 0.6) is 0 Å². The van der Waals surface area contributed by atoms with Crippen molar-refractivity contribution in [1.29, 1.82) is 0 Å². The second-order valence-corrected chi connectivity index (χ2v) is 12.2. The van der Waals surface area contributed by atoms with Crippen LogP contribution in [-0.2, 0) is 24.3 Å². The zero-order valence-corrected chi connectivity index (χ0v) is 23.2. The molecule has 37 heavy (non-hydrogen) atoms. The summed E-state index contributed by atoms with van der Waals surface area (Å²) in [5.74, 6) is -1.76. The van der Waals surface area contributed by atoms with Gasteiger partial charge in [-0.05, 0) is 48.4 Å². The van der Waals surface area contributed by atoms with Crippen LogP contribution in [0.1, 0.15) is 23.6 Å². The molecule has 0 bridgehead atoms. The molecule has 11 heteroatoms. The van der Waals surface area contributed by atoms with E-state index < -0.39 is 27.8 Å². The molecule has 0 radical (unpaired) electrons. The molecule has 2 aliphatic rings. The summed E-state index contributed by atoms with van der Waals surface area (Å²) in [5, 5.41) is 11.2. The number of hydrogen-bond donors (Lipinski definition) is 1. The van der Waals surface area contributed by atoms with E-state index in [9.17, 15) is 23.1 Å². The number of amides is 1. The third-order valence-electron chi connectivity index (χ3n) is 6.61. The van der Waals surface area contributed by atoms with E-state index in [1.165, 1.54) is 43.3 Å². The van der Waals surface area contributed by atoms with E-state index in [1.807, 2.05) is 24.3 Å². The SMILES string of the molecule is CN(C)S(=O)(=O)c1ccc(C(O)=C2C(=O)C(=O)N(CCCN3CCOCC3)[C@H]2c2ccc(Br)cc2)cc1. The molecule has 1 atom stereocenters. The van der Waals surface area contributed by atoms with E-state index in [4.69, 9.17) is 4.74 Å². The molecule has 0 aromatic heterocycles. The zero-order chi connectivity index (χ0) is 26.7. The Labute approximate surface area is 225 Å². The van der Waals surface area contributed by atoms with Crippen molar-refractivity contribution in [2.24, 2.45) is 0 Å². The average Bonchev–Trinajstić information content (AvgIpc) is 3.14. The van der Waals surface area contributed by atoms with Gasteiger partial charge < -0.3 is 14.7 Å². The third-order valence-corrected chi connectivity index (χ3v) is 8.97. The number of halogens is 1. The van der Waals surface area contributed by atoms with E-state index in [-0.39, 0.29) is 21.8 Å². The van der Waals surface area contributed by atoms with Crippen LogP contribution in [0.25, 0.3) is 5.76 Å². The van der Waals surface area contributed by atoms with Crippen LogP contribution in [-0.4, -0.2) is 92.8 Å². The number of aliphatic hydroxyl groups is 1. The summed E-state index contributed by atoms with van der Waals surface area (Å²) in [7, 11) is -0.789. The Morgan fingerprint density at radius 1 is 1.03 bits per heavy atom. The summed E-state index contributed by atoms with van der Waals surface area (Å²) in [5.41, 5.74) is 0.940. The molecule has 0 saturated carbocycles. The van der Waals surface area contributed by atoms with Gasteiger partial charge in [0, 0.05) is 50.3 Å². The van der Waals surface area contributed by atoms with Gasteiger partial charge in [-0.3, -0.25) is 14.5 Å². The normalized spacial score (nSPS) is 20.6. The number of aliphatic hydroxyl groups excluding tert-OH is 1. The van der Waals surface area contributed by atoms with E-state index >= 15 is 0 Å². The molecule has 198 valence electrons. The highest BCUT2D eigenvalue weighted by Gasteiger charge is 2.45. The fourth-order valence-corrected chi connectivity index (χ4v) is 5.71. The van der Waals surface area contributed by atoms with Gasteiger partial charge in [0.1, 0.15) is 5.76 Å². The van der Waals surface area contributed by atoms with Crippen molar-refractivity contribution in [3.63, 3.8) is 0 Å². The minimum absolute atomic E-state index is 0.0121. The van der Waals surface area contributed by atoms with Crippen LogP contribution >= 0.6 is 15.9 Å². The molecule has 4 rings (SSSR count). The topological polar surface area (TPSA) is 107 Å². The maximum Gasteiger partial charge on any atom is 0.295 e. The molecule has 0 aliphatic carbocycles. The molecular weight excluding hydrogens is 562 g/mol. The lowest BCUT2D eigenvalue weighted by molar-refractivity contribution is -0.140. The Balaban J connectivity index is 1.68. The van der Waals surface area contributed by atoms with Gasteiger partial charge in [-0.2, -0.15) is 0 Å². The standard InChI is InChI=1S/C26H30BrN3O6S/c1-28(2)37(34,35)21-10-6-19(7-11-21)24(31)22-23(18-4-8-20(27)9-5-18)30(26(33)25(22)32)13-3-12-29-14-16-36-17-15-29/h4-11,23,31H,3,12-17H2,1-2H3/t23-/m0/s1. The molecule has 2 heterocycles. The van der Waals surface area contributed by atoms with E-state index in [1.54, 1.807) is 0 Å². The van der Waals surface area contributed by atoms with Crippen LogP contribution in [0.4, 0.5) is 0 Å². The Bertz CT molecular complexity index is 1290. The summed E-state index contributed by atoms with van der Waals surface area (Å²) >= 11 is 3.42. The smallest absolute Gasteiger partial charge is 0.295 e. The maximum absolute atomic E-state index is 13.2. The Morgan fingerprint density at radius 2 is 1.65 bits per heavy atom. The number of morpholine rings is 1. The number of sulfonamides is 1. The number of carbonyl (C=O) groups is 2. The number of Topliss-reactive ketones (excluding diaryl/α,β-unsaturated/α-hetero) is 1. The number of ether oxygens (including phenoxy) is 1. The van der Waals surface area contributed by atoms with Gasteiger partial charge in [0.2, 0.25) is 10.0 Å². The van der Waals surface area contributed by atoms with Crippen LogP contribution < -0.4 is 0 Å². The lowest BCUT2D eigenvalue weighted by Gasteiger charge is -2.29. The Kier molecular flexibility index (Phi) is 8.49. The maximum atomic E-state index is 13.2. The summed E-state index contributed by atoms with van der Waals surface area (Å²) in [4.78, 5) is 30.2. The molecule has 0 spiro atoms. The molecule has 2 aromatic carbocycles. The van der Waals surface area contributed by atoms with Gasteiger partial charge in [-0.15, -0.1) is 0 Å². The van der Waals surface area contributed by atoms with Crippen molar-refractivity contribution in [2.45, 2.75) is 17.4 Å². The number of ketones is 1. The van der Waals surface area contributed by atoms with Crippen molar-refractivity contribution in [3.05, 3.63) is 69.7 Å². The first kappa shape index (κ1) is 27.5. The molecule has 9 nitrogen and oxygen atoms in total. The average molecular weight is 593 g/mol. The zero-order valence-electron chi connectivity index (χ0n) is 20.8. The van der Waals surface area contributed by atoms with Crippen molar-refractivity contribution < 1.29 is 27.9 Å². The predicted octanol–water partition coefficient (Wildman–Crippen LogP) is 2.84. The molecular formula is C26H30BrN3O6S. The van der Waals surface area contributed by atoms with Gasteiger partial charge in [0.25, 0.3) is 11.7 Å². The first-order chi connectivity index (χ1) is 17.6. The molecule has 1 N–H and O–H groups in total. The monoisotopic (exact) mass is 591 g/mol. The number of benzene rings is 2. The van der Waals surface area contributed by atoms with Gasteiger partial charge in [-0.1, -0.05) is 28.1 Å². The summed E-state index contributed by atoms with van der Waals surface area (Å²) in [6.45, 7) is 4.12. The van der Waals surface area contributed by atoms with Crippen LogP contribution in [0.15, 0.2) is 63.5 Å². The summed E-state index contributed by atoms with van der Waals surface area (Å²) in [6, 6.07) is 12.1. The number of hydrogen-bond acceptors (Lipinski definition) is 7. The van der Waals surface area contributed by atoms with E-state index in [0.29, 0.717) is 31.7 Å². The molecule has 2 fully saturated rings. The number of likely N-dealkylation sites (tertiary alicyclic amines) is 1. The number of rotatable bonds is 8. The minimum atomic E-state index is -3.65. The first-order valence-corrected chi connectivity index (χ1v) is 14.2. The highest BCUT2D eigenvalue weighted by atomic mass is 79.9. The lowest BCUT2D eigenvalue weighted by atomic mass is 9.95. The molecule has 2 aromatic rings. The van der Waals surface area contributed by atoms with Crippen molar-refractivity contribution in [3.8, 4) is 0 Å². The molecule has 0 unspecified atom stereocenters. The minimum Gasteiger partial charge on any atom is -0.507 e. The van der Waals surface area contributed by atoms with Crippen LogP contribution in [0, 0.1) is 0 Å². The third kappa shape index (κ3) is 5.80. The van der Waals surface area contributed by atoms with Crippen LogP contribution in [0.3, 0.4) is 0 Å². The fourth-order valence-electron chi connectivity index (χ4n) is 4.54. The number of nitrogens with zero attached hydrogens (tertiary/aromatic N) is 3. The quantitative estimate of drug-likeness (QED) is 0.286. The molecule has 2 aliphatic heterocycles. The highest BCUT2D eigenvalue weighted by Crippen LogP contribution is 2.40. The molecule has 2 saturated heterocycles. The van der Waals surface area contributed by atoms with E-state index in [0.717, 1.165) is 28.4 Å². The second kappa shape index (κ2) is 11.4. The van der Waals surface area contributed by atoms with Gasteiger partial charge in [0.15, 0.2) is 0 Å². The first-order valence-electron chi connectivity index (χ1n) is 12.0. The second-order valence-electron chi connectivity index (χ2n) is 9.16. The largest absolute Gasteiger partial charge is 0.507 e. The van der Waals surface area contributed by atoms with Crippen molar-refractivity contribution in [1.82, 2.24) is 14.1 Å². The Morgan fingerprint density at radius 3 is 2.24 bits per heavy atom. The van der Waals surface area contributed by atoms with E-state index in [2.05, 4.69) is 20.8 Å². The van der Waals surface area contributed by atoms with Gasteiger partial charge >= 0.3 is 0 Å².